The number of nitrogens with one attached hydrogen (secondary N) is 2. The van der Waals surface area contributed by atoms with E-state index in [2.05, 4.69) is 60.6 Å². The van der Waals surface area contributed by atoms with Gasteiger partial charge in [-0.3, -0.25) is 9.36 Å². The van der Waals surface area contributed by atoms with Gasteiger partial charge >= 0.3 is 0 Å². The third-order valence-electron chi connectivity index (χ3n) is 6.53. The number of hydrogen-bond acceptors (Lipinski definition) is 5. The molecule has 8 nitrogen and oxygen atoms in total. The van der Waals surface area contributed by atoms with Crippen molar-refractivity contribution < 1.29 is 0 Å². The minimum absolute atomic E-state index is 0.203. The highest BCUT2D eigenvalue weighted by atomic mass is 16.1. The van der Waals surface area contributed by atoms with Crippen LogP contribution in [0.5, 0.6) is 0 Å². The molecule has 2 aromatic carbocycles. The number of nitrogens with zero attached hydrogens (tertiary/aromatic N) is 5. The van der Waals surface area contributed by atoms with Crippen molar-refractivity contribution in [3.8, 4) is 11.5 Å². The molecule has 1 aliphatic heterocycles. The van der Waals surface area contributed by atoms with Crippen LogP contribution < -0.4 is 10.5 Å². The summed E-state index contributed by atoms with van der Waals surface area (Å²) in [6.45, 7) is 1.82. The van der Waals surface area contributed by atoms with Gasteiger partial charge in [-0.15, -0.1) is 10.2 Å². The molecule has 2 N–H and O–H groups in total. The van der Waals surface area contributed by atoms with Gasteiger partial charge in [0.2, 0.25) is 5.95 Å². The first-order chi connectivity index (χ1) is 15.7. The Kier molecular flexibility index (Phi) is 4.31. The Balaban J connectivity index is 1.26. The van der Waals surface area contributed by atoms with Gasteiger partial charge in [-0.05, 0) is 36.4 Å². The standard InChI is InChI=1S/C24H23N7O/c1-30-22(21-17-7-3-4-8-18(17)23(32)28-26-21)27-29-24(30)31-12-10-15(11-13-31)20-14-16-6-2-5-9-19(16)25-20/h2-9,14-15,25H,10-13H2,1H3,(H,28,32). The lowest BCUT2D eigenvalue weighted by Crippen LogP contribution is -2.34. The first-order valence-electron chi connectivity index (χ1n) is 10.9. The molecule has 0 amide bonds. The van der Waals surface area contributed by atoms with E-state index in [4.69, 9.17) is 0 Å². The lowest BCUT2D eigenvalue weighted by Gasteiger charge is -2.32. The van der Waals surface area contributed by atoms with E-state index in [-0.39, 0.29) is 5.56 Å². The maximum atomic E-state index is 12.1. The Morgan fingerprint density at radius 1 is 0.969 bits per heavy atom. The molecule has 32 heavy (non-hydrogen) atoms. The molecule has 8 heteroatoms. The third-order valence-corrected chi connectivity index (χ3v) is 6.53. The van der Waals surface area contributed by atoms with Gasteiger partial charge in [0.25, 0.3) is 5.56 Å². The van der Waals surface area contributed by atoms with E-state index in [0.29, 0.717) is 22.8 Å². The predicted octanol–water partition coefficient (Wildman–Crippen LogP) is 3.58. The minimum Gasteiger partial charge on any atom is -0.358 e. The molecule has 0 atom stereocenters. The van der Waals surface area contributed by atoms with Gasteiger partial charge in [-0.2, -0.15) is 5.10 Å². The third kappa shape index (κ3) is 2.98. The van der Waals surface area contributed by atoms with Crippen LogP contribution in [0.2, 0.25) is 0 Å². The number of aromatic nitrogens is 6. The summed E-state index contributed by atoms with van der Waals surface area (Å²) in [6, 6.07) is 18.1. The number of rotatable bonds is 3. The summed E-state index contributed by atoms with van der Waals surface area (Å²) in [7, 11) is 1.95. The first-order valence-corrected chi connectivity index (χ1v) is 10.9. The highest BCUT2D eigenvalue weighted by Crippen LogP contribution is 2.32. The second-order valence-electron chi connectivity index (χ2n) is 8.40. The number of hydrogen-bond donors (Lipinski definition) is 2. The minimum atomic E-state index is -0.203. The summed E-state index contributed by atoms with van der Waals surface area (Å²) in [5.41, 5.74) is 2.94. The predicted molar refractivity (Wildman–Crippen MR) is 125 cm³/mol. The van der Waals surface area contributed by atoms with Crippen LogP contribution in [-0.2, 0) is 7.05 Å². The zero-order valence-corrected chi connectivity index (χ0v) is 17.7. The molecule has 1 saturated heterocycles. The summed E-state index contributed by atoms with van der Waals surface area (Å²) in [6.07, 6.45) is 2.10. The summed E-state index contributed by atoms with van der Waals surface area (Å²) >= 11 is 0. The van der Waals surface area contributed by atoms with Gasteiger partial charge in [0.15, 0.2) is 5.82 Å². The van der Waals surface area contributed by atoms with Crippen LogP contribution in [0.4, 0.5) is 5.95 Å². The summed E-state index contributed by atoms with van der Waals surface area (Å²) in [5, 5.41) is 18.4. The Morgan fingerprint density at radius 3 is 2.53 bits per heavy atom. The quantitative estimate of drug-likeness (QED) is 0.461. The molecular weight excluding hydrogens is 402 g/mol. The Labute approximate surface area is 183 Å². The van der Waals surface area contributed by atoms with E-state index in [1.54, 1.807) is 6.07 Å². The average Bonchev–Trinajstić information content (AvgIpc) is 3.43. The fourth-order valence-electron chi connectivity index (χ4n) is 4.79. The average molecular weight is 425 g/mol. The smallest absolute Gasteiger partial charge is 0.272 e. The number of benzene rings is 2. The molecule has 0 saturated carbocycles. The van der Waals surface area contributed by atoms with Crippen molar-refractivity contribution in [2.24, 2.45) is 7.05 Å². The SMILES string of the molecule is Cn1c(-c2n[nH]c(=O)c3ccccc23)nnc1N1CCC(c2cc3ccccc3[nH]2)CC1. The van der Waals surface area contributed by atoms with Gasteiger partial charge in [-0.25, -0.2) is 5.10 Å². The molecule has 4 heterocycles. The van der Waals surface area contributed by atoms with E-state index in [9.17, 15) is 4.79 Å². The second-order valence-corrected chi connectivity index (χ2v) is 8.40. The van der Waals surface area contributed by atoms with E-state index in [0.717, 1.165) is 37.3 Å². The van der Waals surface area contributed by atoms with Crippen molar-refractivity contribution in [3.63, 3.8) is 0 Å². The molecule has 6 rings (SSSR count). The maximum Gasteiger partial charge on any atom is 0.272 e. The molecule has 0 unspecified atom stereocenters. The van der Waals surface area contributed by atoms with Gasteiger partial charge in [-0.1, -0.05) is 36.4 Å². The Bertz CT molecular complexity index is 1450. The zero-order valence-electron chi connectivity index (χ0n) is 17.7. The lowest BCUT2D eigenvalue weighted by molar-refractivity contribution is 0.489. The summed E-state index contributed by atoms with van der Waals surface area (Å²) < 4.78 is 1.97. The van der Waals surface area contributed by atoms with E-state index in [1.807, 2.05) is 29.8 Å². The fourth-order valence-corrected chi connectivity index (χ4v) is 4.79. The van der Waals surface area contributed by atoms with Crippen molar-refractivity contribution in [3.05, 3.63) is 70.6 Å². The highest BCUT2D eigenvalue weighted by Gasteiger charge is 2.26. The van der Waals surface area contributed by atoms with Crippen LogP contribution in [0, 0.1) is 0 Å². The number of para-hydroxylation sites is 1. The van der Waals surface area contributed by atoms with E-state index in [1.165, 1.54) is 16.6 Å². The van der Waals surface area contributed by atoms with Crippen molar-refractivity contribution in [2.75, 3.05) is 18.0 Å². The van der Waals surface area contributed by atoms with Gasteiger partial charge in [0, 0.05) is 42.7 Å². The molecular formula is C24H23N7O. The summed E-state index contributed by atoms with van der Waals surface area (Å²) in [4.78, 5) is 18.0. The summed E-state index contributed by atoms with van der Waals surface area (Å²) in [5.74, 6) is 1.98. The molecule has 0 aliphatic carbocycles. The van der Waals surface area contributed by atoms with Crippen LogP contribution in [-0.4, -0.2) is 43.0 Å². The normalized spacial score (nSPS) is 15.1. The molecule has 0 radical (unpaired) electrons. The van der Waals surface area contributed by atoms with Crippen LogP contribution in [0.25, 0.3) is 33.2 Å². The van der Waals surface area contributed by atoms with Crippen molar-refractivity contribution in [1.82, 2.24) is 29.9 Å². The van der Waals surface area contributed by atoms with E-state index >= 15 is 0 Å². The maximum absolute atomic E-state index is 12.1. The Hall–Kier alpha value is -3.94. The van der Waals surface area contributed by atoms with Crippen molar-refractivity contribution in [2.45, 2.75) is 18.8 Å². The van der Waals surface area contributed by atoms with Crippen LogP contribution in [0.15, 0.2) is 59.4 Å². The molecule has 3 aromatic heterocycles. The Morgan fingerprint density at radius 2 is 1.72 bits per heavy atom. The number of fused-ring (bicyclic) bond motifs is 2. The molecule has 160 valence electrons. The topological polar surface area (TPSA) is 95.5 Å². The number of aromatic amines is 2. The van der Waals surface area contributed by atoms with Crippen molar-refractivity contribution >= 4 is 27.6 Å². The largest absolute Gasteiger partial charge is 0.358 e. The first kappa shape index (κ1) is 18.8. The van der Waals surface area contributed by atoms with Gasteiger partial charge in [0.05, 0.1) is 5.39 Å². The number of piperidine rings is 1. The molecule has 5 aromatic rings. The molecule has 1 aliphatic rings. The van der Waals surface area contributed by atoms with Crippen LogP contribution in [0.1, 0.15) is 24.5 Å². The highest BCUT2D eigenvalue weighted by molar-refractivity contribution is 5.92. The van der Waals surface area contributed by atoms with Crippen LogP contribution in [0.3, 0.4) is 0 Å². The van der Waals surface area contributed by atoms with Gasteiger partial charge < -0.3 is 9.88 Å². The van der Waals surface area contributed by atoms with Crippen LogP contribution >= 0.6 is 0 Å². The number of anilines is 1. The molecule has 0 bridgehead atoms. The van der Waals surface area contributed by atoms with Crippen molar-refractivity contribution in [1.29, 1.82) is 0 Å². The van der Waals surface area contributed by atoms with Gasteiger partial charge in [0.1, 0.15) is 5.69 Å². The second kappa shape index (κ2) is 7.33. The van der Waals surface area contributed by atoms with E-state index < -0.39 is 0 Å². The zero-order chi connectivity index (χ0) is 21.7. The monoisotopic (exact) mass is 425 g/mol. The number of H-pyrrole nitrogens is 2. The lowest BCUT2D eigenvalue weighted by atomic mass is 9.94. The molecule has 1 fully saturated rings. The molecule has 0 spiro atoms. The fraction of sp³-hybridized carbons (Fsp3) is 0.250.